The highest BCUT2D eigenvalue weighted by atomic mass is 19.1. The molecule has 1 fully saturated rings. The summed E-state index contributed by atoms with van der Waals surface area (Å²) >= 11 is 0. The predicted octanol–water partition coefficient (Wildman–Crippen LogP) is 4.30. The molecule has 6 heteroatoms. The quantitative estimate of drug-likeness (QED) is 0.733. The first-order valence-electron chi connectivity index (χ1n) is 9.56. The summed E-state index contributed by atoms with van der Waals surface area (Å²) in [4.78, 5) is 12.8. The Labute approximate surface area is 163 Å². The van der Waals surface area contributed by atoms with Crippen molar-refractivity contribution in [1.29, 1.82) is 0 Å². The lowest BCUT2D eigenvalue weighted by Crippen LogP contribution is -2.31. The molecule has 1 aliphatic carbocycles. The van der Waals surface area contributed by atoms with Crippen molar-refractivity contribution in [3.63, 3.8) is 0 Å². The summed E-state index contributed by atoms with van der Waals surface area (Å²) in [5.41, 5.74) is 9.19. The standard InChI is InChI=1S/C22H23FN4O/c1-14-12-27-21(13-26-14)19-9-4-15(11-20(19)23)18-3-2-10-25-22(18)28-17-7-5-16(24)6-8-17/h2-4,9-13,16-17H,5-8,24H2,1H3/t16-,17-. The third kappa shape index (κ3) is 4.02. The molecule has 0 unspecified atom stereocenters. The lowest BCUT2D eigenvalue weighted by atomic mass is 9.93. The number of hydrogen-bond acceptors (Lipinski definition) is 5. The van der Waals surface area contributed by atoms with Gasteiger partial charge in [-0.15, -0.1) is 0 Å². The Hall–Kier alpha value is -2.86. The van der Waals surface area contributed by atoms with Gasteiger partial charge in [-0.25, -0.2) is 9.37 Å². The van der Waals surface area contributed by atoms with E-state index in [0.29, 0.717) is 17.1 Å². The van der Waals surface area contributed by atoms with Crippen LogP contribution in [0, 0.1) is 12.7 Å². The van der Waals surface area contributed by atoms with Gasteiger partial charge in [0.2, 0.25) is 5.88 Å². The van der Waals surface area contributed by atoms with Crippen molar-refractivity contribution in [2.24, 2.45) is 5.73 Å². The molecule has 2 aromatic heterocycles. The SMILES string of the molecule is Cc1cnc(-c2ccc(-c3cccnc3O[C@H]3CC[C@H](N)CC3)cc2F)cn1. The number of rotatable bonds is 4. The highest BCUT2D eigenvalue weighted by Crippen LogP contribution is 2.33. The second-order valence-corrected chi connectivity index (χ2v) is 7.25. The molecule has 4 rings (SSSR count). The van der Waals surface area contributed by atoms with Crippen LogP contribution in [0.1, 0.15) is 31.4 Å². The van der Waals surface area contributed by atoms with Crippen molar-refractivity contribution in [2.75, 3.05) is 0 Å². The topological polar surface area (TPSA) is 73.9 Å². The zero-order chi connectivity index (χ0) is 19.5. The number of hydrogen-bond donors (Lipinski definition) is 1. The first kappa shape index (κ1) is 18.5. The normalized spacial score (nSPS) is 19.4. The van der Waals surface area contributed by atoms with E-state index in [-0.39, 0.29) is 18.0 Å². The average Bonchev–Trinajstić information content (AvgIpc) is 2.71. The van der Waals surface area contributed by atoms with E-state index < -0.39 is 0 Å². The summed E-state index contributed by atoms with van der Waals surface area (Å²) in [6.45, 7) is 1.85. The lowest BCUT2D eigenvalue weighted by molar-refractivity contribution is 0.142. The molecular weight excluding hydrogens is 355 g/mol. The number of halogens is 1. The molecule has 0 saturated heterocycles. The van der Waals surface area contributed by atoms with Gasteiger partial charge in [0.15, 0.2) is 0 Å². The Morgan fingerprint density at radius 1 is 1.00 bits per heavy atom. The van der Waals surface area contributed by atoms with Gasteiger partial charge < -0.3 is 10.5 Å². The Balaban J connectivity index is 1.61. The molecule has 1 saturated carbocycles. The molecule has 2 N–H and O–H groups in total. The summed E-state index contributed by atoms with van der Waals surface area (Å²) in [7, 11) is 0. The maximum Gasteiger partial charge on any atom is 0.221 e. The fourth-order valence-electron chi connectivity index (χ4n) is 3.49. The molecule has 0 atom stereocenters. The molecule has 1 aromatic carbocycles. The Morgan fingerprint density at radius 2 is 1.82 bits per heavy atom. The lowest BCUT2D eigenvalue weighted by Gasteiger charge is -2.27. The fourth-order valence-corrected chi connectivity index (χ4v) is 3.49. The van der Waals surface area contributed by atoms with Gasteiger partial charge in [0, 0.05) is 29.6 Å². The highest BCUT2D eigenvalue weighted by molar-refractivity contribution is 5.72. The third-order valence-corrected chi connectivity index (χ3v) is 5.11. The van der Waals surface area contributed by atoms with Gasteiger partial charge in [0.1, 0.15) is 11.9 Å². The van der Waals surface area contributed by atoms with E-state index in [1.807, 2.05) is 25.1 Å². The summed E-state index contributed by atoms with van der Waals surface area (Å²) in [6.07, 6.45) is 8.74. The van der Waals surface area contributed by atoms with Crippen LogP contribution in [-0.4, -0.2) is 27.1 Å². The van der Waals surface area contributed by atoms with Gasteiger partial charge in [-0.05, 0) is 62.4 Å². The van der Waals surface area contributed by atoms with E-state index in [9.17, 15) is 4.39 Å². The Morgan fingerprint density at radius 3 is 2.54 bits per heavy atom. The molecule has 0 spiro atoms. The Kier molecular flexibility index (Phi) is 5.30. The molecule has 0 bridgehead atoms. The van der Waals surface area contributed by atoms with Gasteiger partial charge in [-0.1, -0.05) is 6.07 Å². The van der Waals surface area contributed by atoms with Crippen LogP contribution < -0.4 is 10.5 Å². The van der Waals surface area contributed by atoms with Crippen LogP contribution in [0.2, 0.25) is 0 Å². The van der Waals surface area contributed by atoms with Crippen LogP contribution in [0.4, 0.5) is 4.39 Å². The van der Waals surface area contributed by atoms with Crippen molar-refractivity contribution in [3.8, 4) is 28.3 Å². The van der Waals surface area contributed by atoms with E-state index in [1.165, 1.54) is 6.07 Å². The average molecular weight is 378 g/mol. The molecule has 0 radical (unpaired) electrons. The second-order valence-electron chi connectivity index (χ2n) is 7.25. The van der Waals surface area contributed by atoms with Crippen LogP contribution >= 0.6 is 0 Å². The maximum absolute atomic E-state index is 14.8. The summed E-state index contributed by atoms with van der Waals surface area (Å²) in [5.74, 6) is 0.180. The van der Waals surface area contributed by atoms with Crippen LogP contribution in [-0.2, 0) is 0 Å². The summed E-state index contributed by atoms with van der Waals surface area (Å²) in [6, 6.07) is 9.07. The molecule has 28 heavy (non-hydrogen) atoms. The van der Waals surface area contributed by atoms with Gasteiger partial charge in [0.05, 0.1) is 17.6 Å². The molecular formula is C22H23FN4O. The van der Waals surface area contributed by atoms with E-state index in [0.717, 1.165) is 42.5 Å². The molecule has 1 aliphatic rings. The molecule has 3 aromatic rings. The third-order valence-electron chi connectivity index (χ3n) is 5.11. The first-order chi connectivity index (χ1) is 13.6. The Bertz CT molecular complexity index is 953. The van der Waals surface area contributed by atoms with Crippen molar-refractivity contribution in [1.82, 2.24) is 15.0 Å². The number of benzene rings is 1. The van der Waals surface area contributed by atoms with E-state index in [2.05, 4.69) is 15.0 Å². The second kappa shape index (κ2) is 8.02. The molecule has 0 aliphatic heterocycles. The zero-order valence-corrected chi connectivity index (χ0v) is 15.8. The number of ether oxygens (including phenoxy) is 1. The number of pyridine rings is 1. The molecule has 0 amide bonds. The molecule has 2 heterocycles. The highest BCUT2D eigenvalue weighted by Gasteiger charge is 2.22. The minimum atomic E-state index is -0.353. The number of nitrogens with two attached hydrogens (primary N) is 1. The number of nitrogens with zero attached hydrogens (tertiary/aromatic N) is 3. The molecule has 5 nitrogen and oxygen atoms in total. The van der Waals surface area contributed by atoms with Crippen molar-refractivity contribution < 1.29 is 9.13 Å². The maximum atomic E-state index is 14.8. The van der Waals surface area contributed by atoms with E-state index in [1.54, 1.807) is 24.7 Å². The fraction of sp³-hybridized carbons (Fsp3) is 0.318. The minimum absolute atomic E-state index is 0.0976. The number of aryl methyl sites for hydroxylation is 1. The monoisotopic (exact) mass is 378 g/mol. The van der Waals surface area contributed by atoms with Gasteiger partial charge in [-0.3, -0.25) is 9.97 Å². The van der Waals surface area contributed by atoms with Crippen molar-refractivity contribution in [3.05, 3.63) is 60.4 Å². The minimum Gasteiger partial charge on any atom is -0.474 e. The summed E-state index contributed by atoms with van der Waals surface area (Å²) in [5, 5.41) is 0. The molecule has 144 valence electrons. The van der Waals surface area contributed by atoms with Crippen molar-refractivity contribution in [2.45, 2.75) is 44.8 Å². The van der Waals surface area contributed by atoms with Gasteiger partial charge >= 0.3 is 0 Å². The largest absolute Gasteiger partial charge is 0.474 e. The van der Waals surface area contributed by atoms with Crippen LogP contribution in [0.5, 0.6) is 5.88 Å². The predicted molar refractivity (Wildman–Crippen MR) is 106 cm³/mol. The zero-order valence-electron chi connectivity index (χ0n) is 15.8. The summed E-state index contributed by atoms with van der Waals surface area (Å²) < 4.78 is 21.0. The van der Waals surface area contributed by atoms with Crippen LogP contribution in [0.25, 0.3) is 22.4 Å². The van der Waals surface area contributed by atoms with Gasteiger partial charge in [0.25, 0.3) is 0 Å². The van der Waals surface area contributed by atoms with Gasteiger partial charge in [-0.2, -0.15) is 0 Å². The van der Waals surface area contributed by atoms with E-state index >= 15 is 0 Å². The number of aromatic nitrogens is 3. The van der Waals surface area contributed by atoms with E-state index in [4.69, 9.17) is 10.5 Å². The smallest absolute Gasteiger partial charge is 0.221 e. The van der Waals surface area contributed by atoms with Crippen LogP contribution in [0.3, 0.4) is 0 Å². The first-order valence-corrected chi connectivity index (χ1v) is 9.56. The van der Waals surface area contributed by atoms with Crippen molar-refractivity contribution >= 4 is 0 Å². The van der Waals surface area contributed by atoms with Crippen LogP contribution in [0.15, 0.2) is 48.9 Å².